The van der Waals surface area contributed by atoms with Gasteiger partial charge in [0.2, 0.25) is 0 Å². The van der Waals surface area contributed by atoms with E-state index in [1.54, 1.807) is 0 Å². The van der Waals surface area contributed by atoms with Crippen LogP contribution < -0.4 is 11.1 Å². The number of benzene rings is 1. The highest BCUT2D eigenvalue weighted by atomic mass is 16.3. The van der Waals surface area contributed by atoms with Crippen molar-refractivity contribution in [2.75, 3.05) is 19.6 Å². The van der Waals surface area contributed by atoms with Crippen molar-refractivity contribution in [3.05, 3.63) is 36.1 Å². The van der Waals surface area contributed by atoms with Crippen LogP contribution in [0.15, 0.2) is 34.9 Å². The Labute approximate surface area is 102 Å². The van der Waals surface area contributed by atoms with E-state index in [2.05, 4.69) is 17.4 Å². The average Bonchev–Trinajstić information content (AvgIpc) is 2.77. The molecule has 1 aromatic carbocycles. The first-order chi connectivity index (χ1) is 8.42. The summed E-state index contributed by atoms with van der Waals surface area (Å²) in [7, 11) is 0. The summed E-state index contributed by atoms with van der Waals surface area (Å²) in [5, 5.41) is 4.66. The maximum atomic E-state index is 5.50. The van der Waals surface area contributed by atoms with Gasteiger partial charge in [-0.2, -0.15) is 0 Å². The van der Waals surface area contributed by atoms with Crippen LogP contribution in [0.5, 0.6) is 0 Å². The Morgan fingerprint density at radius 2 is 2.00 bits per heavy atom. The largest absolute Gasteiger partial charge is 0.464 e. The van der Waals surface area contributed by atoms with Crippen LogP contribution in [0.1, 0.15) is 18.4 Å². The van der Waals surface area contributed by atoms with Crippen molar-refractivity contribution >= 4 is 11.0 Å². The third kappa shape index (κ3) is 3.32. The Morgan fingerprint density at radius 1 is 1.12 bits per heavy atom. The number of nitrogens with one attached hydrogen (secondary N) is 1. The highest BCUT2D eigenvalue weighted by molar-refractivity contribution is 5.80. The van der Waals surface area contributed by atoms with Crippen molar-refractivity contribution < 1.29 is 4.42 Å². The fraction of sp³-hybridized carbons (Fsp3) is 0.429. The zero-order chi connectivity index (χ0) is 11.9. The number of nitrogens with two attached hydrogens (primary N) is 1. The first-order valence-electron chi connectivity index (χ1n) is 6.27. The average molecular weight is 232 g/mol. The summed E-state index contributed by atoms with van der Waals surface area (Å²) in [6.07, 6.45) is 5.14. The fourth-order valence-electron chi connectivity index (χ4n) is 1.97. The maximum absolute atomic E-state index is 5.50. The van der Waals surface area contributed by atoms with E-state index in [0.29, 0.717) is 0 Å². The summed E-state index contributed by atoms with van der Waals surface area (Å²) in [6, 6.07) is 8.17. The predicted molar refractivity (Wildman–Crippen MR) is 71.1 cm³/mol. The van der Waals surface area contributed by atoms with E-state index >= 15 is 0 Å². The smallest absolute Gasteiger partial charge is 0.134 e. The van der Waals surface area contributed by atoms with Gasteiger partial charge in [-0.25, -0.2) is 0 Å². The van der Waals surface area contributed by atoms with Crippen LogP contribution in [0.4, 0.5) is 0 Å². The molecule has 3 nitrogen and oxygen atoms in total. The second-order valence-corrected chi connectivity index (χ2v) is 4.25. The van der Waals surface area contributed by atoms with Crippen molar-refractivity contribution in [3.8, 4) is 0 Å². The zero-order valence-electron chi connectivity index (χ0n) is 10.1. The van der Waals surface area contributed by atoms with Crippen molar-refractivity contribution in [2.45, 2.75) is 19.3 Å². The molecule has 1 heterocycles. The van der Waals surface area contributed by atoms with Gasteiger partial charge >= 0.3 is 0 Å². The first-order valence-corrected chi connectivity index (χ1v) is 6.27. The molecule has 0 fully saturated rings. The third-order valence-corrected chi connectivity index (χ3v) is 2.94. The Bertz CT molecular complexity index is 450. The molecule has 0 aliphatic carbocycles. The molecular weight excluding hydrogens is 212 g/mol. The summed E-state index contributed by atoms with van der Waals surface area (Å²) in [5.74, 6) is 0. The molecule has 2 rings (SSSR count). The lowest BCUT2D eigenvalue weighted by atomic mass is 10.1. The first kappa shape index (κ1) is 12.1. The molecule has 2 aromatic rings. The molecule has 0 atom stereocenters. The van der Waals surface area contributed by atoms with Gasteiger partial charge in [0, 0.05) is 5.39 Å². The third-order valence-electron chi connectivity index (χ3n) is 2.94. The zero-order valence-corrected chi connectivity index (χ0v) is 10.1. The Morgan fingerprint density at radius 3 is 2.88 bits per heavy atom. The van der Waals surface area contributed by atoms with Crippen molar-refractivity contribution in [1.82, 2.24) is 5.32 Å². The van der Waals surface area contributed by atoms with E-state index in [1.165, 1.54) is 10.9 Å². The van der Waals surface area contributed by atoms with Crippen molar-refractivity contribution in [3.63, 3.8) is 0 Å². The van der Waals surface area contributed by atoms with E-state index < -0.39 is 0 Å². The fourth-order valence-corrected chi connectivity index (χ4v) is 1.97. The van der Waals surface area contributed by atoms with Crippen LogP contribution in [0.25, 0.3) is 11.0 Å². The van der Waals surface area contributed by atoms with Crippen LogP contribution in [-0.4, -0.2) is 19.6 Å². The Hall–Kier alpha value is -1.32. The molecule has 0 saturated carbocycles. The highest BCUT2D eigenvalue weighted by Crippen LogP contribution is 2.20. The van der Waals surface area contributed by atoms with Crippen LogP contribution in [-0.2, 0) is 6.42 Å². The normalized spacial score (nSPS) is 11.1. The van der Waals surface area contributed by atoms with E-state index in [-0.39, 0.29) is 0 Å². The van der Waals surface area contributed by atoms with Gasteiger partial charge in [0.05, 0.1) is 6.26 Å². The number of furan rings is 1. The second kappa shape index (κ2) is 6.42. The minimum atomic E-state index is 0.786. The van der Waals surface area contributed by atoms with E-state index in [0.717, 1.165) is 44.5 Å². The number of hydrogen-bond acceptors (Lipinski definition) is 3. The van der Waals surface area contributed by atoms with Gasteiger partial charge in [-0.05, 0) is 50.5 Å². The molecule has 3 heteroatoms. The lowest BCUT2D eigenvalue weighted by molar-refractivity contribution is 0.600. The molecule has 92 valence electrons. The minimum Gasteiger partial charge on any atom is -0.464 e. The van der Waals surface area contributed by atoms with Crippen LogP contribution in [0.2, 0.25) is 0 Å². The van der Waals surface area contributed by atoms with E-state index in [9.17, 15) is 0 Å². The van der Waals surface area contributed by atoms with Crippen molar-refractivity contribution in [2.24, 2.45) is 5.73 Å². The van der Waals surface area contributed by atoms with Gasteiger partial charge in [-0.15, -0.1) is 0 Å². The van der Waals surface area contributed by atoms with E-state index in [1.807, 2.05) is 18.4 Å². The minimum absolute atomic E-state index is 0.786. The molecule has 17 heavy (non-hydrogen) atoms. The van der Waals surface area contributed by atoms with Crippen LogP contribution >= 0.6 is 0 Å². The second-order valence-electron chi connectivity index (χ2n) is 4.25. The van der Waals surface area contributed by atoms with E-state index in [4.69, 9.17) is 10.2 Å². The molecule has 0 aliphatic rings. The van der Waals surface area contributed by atoms with Gasteiger partial charge in [-0.3, -0.25) is 0 Å². The van der Waals surface area contributed by atoms with Crippen LogP contribution in [0, 0.1) is 0 Å². The van der Waals surface area contributed by atoms with Gasteiger partial charge in [-0.1, -0.05) is 18.2 Å². The highest BCUT2D eigenvalue weighted by Gasteiger charge is 2.03. The molecule has 0 spiro atoms. The molecular formula is C14H20N2O. The predicted octanol–water partition coefficient (Wildman–Crippen LogP) is 2.30. The number of fused-ring (bicyclic) bond motifs is 1. The molecule has 3 N–H and O–H groups in total. The SMILES string of the molecule is NCCCCNCCc1coc2ccccc12. The Balaban J connectivity index is 1.79. The molecule has 0 aliphatic heterocycles. The van der Waals surface area contributed by atoms with Gasteiger partial charge in [0.25, 0.3) is 0 Å². The molecule has 0 unspecified atom stereocenters. The van der Waals surface area contributed by atoms with Gasteiger partial charge < -0.3 is 15.5 Å². The summed E-state index contributed by atoms with van der Waals surface area (Å²) in [5.41, 5.74) is 7.70. The summed E-state index contributed by atoms with van der Waals surface area (Å²) in [4.78, 5) is 0. The monoisotopic (exact) mass is 232 g/mol. The molecule has 1 aromatic heterocycles. The van der Waals surface area contributed by atoms with Gasteiger partial charge in [0.1, 0.15) is 5.58 Å². The lowest BCUT2D eigenvalue weighted by Crippen LogP contribution is -2.19. The quantitative estimate of drug-likeness (QED) is 0.720. The molecule has 0 bridgehead atoms. The number of hydrogen-bond donors (Lipinski definition) is 2. The van der Waals surface area contributed by atoms with Gasteiger partial charge in [0.15, 0.2) is 0 Å². The summed E-state index contributed by atoms with van der Waals surface area (Å²) >= 11 is 0. The molecule has 0 saturated heterocycles. The topological polar surface area (TPSA) is 51.2 Å². The number of rotatable bonds is 7. The van der Waals surface area contributed by atoms with Crippen LogP contribution in [0.3, 0.4) is 0 Å². The molecule has 0 radical (unpaired) electrons. The van der Waals surface area contributed by atoms with Crippen molar-refractivity contribution in [1.29, 1.82) is 0 Å². The lowest BCUT2D eigenvalue weighted by Gasteiger charge is -2.02. The number of para-hydroxylation sites is 1. The Kier molecular flexibility index (Phi) is 4.59. The summed E-state index contributed by atoms with van der Waals surface area (Å²) < 4.78 is 5.50. The standard InChI is InChI=1S/C14H20N2O/c15-8-3-4-9-16-10-7-12-11-17-14-6-2-1-5-13(12)14/h1-2,5-6,11,16H,3-4,7-10,15H2. The summed E-state index contributed by atoms with van der Waals surface area (Å²) in [6.45, 7) is 2.83. The number of unbranched alkanes of at least 4 members (excludes halogenated alkanes) is 1. The molecule has 0 amide bonds. The maximum Gasteiger partial charge on any atom is 0.134 e.